The largest absolute Gasteiger partial charge is 0.372 e. The third kappa shape index (κ3) is 6.73. The summed E-state index contributed by atoms with van der Waals surface area (Å²) in [5, 5.41) is 5.10. The van der Waals surface area contributed by atoms with E-state index in [1.54, 1.807) is 26.0 Å². The van der Waals surface area contributed by atoms with Crippen LogP contribution in [0.1, 0.15) is 12.5 Å². The SMILES string of the molecule is CCOCC(=O)NCCNC(=O)NS(=O)(=O)c1cc(Cl)ccc1C. The predicted octanol–water partition coefficient (Wildman–Crippen LogP) is 0.789. The van der Waals surface area contributed by atoms with E-state index in [4.69, 9.17) is 16.3 Å². The van der Waals surface area contributed by atoms with Crippen molar-refractivity contribution >= 4 is 33.6 Å². The summed E-state index contributed by atoms with van der Waals surface area (Å²) in [7, 11) is -4.03. The molecule has 0 aromatic heterocycles. The molecule has 1 aromatic carbocycles. The smallest absolute Gasteiger partial charge is 0.328 e. The molecular weight excluding hydrogens is 358 g/mol. The third-order valence-electron chi connectivity index (χ3n) is 2.84. The highest BCUT2D eigenvalue weighted by atomic mass is 35.5. The van der Waals surface area contributed by atoms with Crippen LogP contribution in [0.3, 0.4) is 0 Å². The number of hydrogen-bond acceptors (Lipinski definition) is 5. The van der Waals surface area contributed by atoms with Gasteiger partial charge in [-0.2, -0.15) is 0 Å². The van der Waals surface area contributed by atoms with Crippen molar-refractivity contribution in [2.45, 2.75) is 18.7 Å². The molecule has 0 aliphatic heterocycles. The molecule has 8 nitrogen and oxygen atoms in total. The van der Waals surface area contributed by atoms with Crippen LogP contribution in [-0.4, -0.2) is 46.7 Å². The first kappa shape index (κ1) is 20.2. The van der Waals surface area contributed by atoms with Gasteiger partial charge in [0.2, 0.25) is 5.91 Å². The van der Waals surface area contributed by atoms with Crippen molar-refractivity contribution in [3.8, 4) is 0 Å². The molecule has 134 valence electrons. The van der Waals surface area contributed by atoms with Crippen molar-refractivity contribution < 1.29 is 22.7 Å². The average Bonchev–Trinajstić information content (AvgIpc) is 2.51. The number of carbonyl (C=O) groups excluding carboxylic acids is 2. The van der Waals surface area contributed by atoms with Crippen molar-refractivity contribution in [3.05, 3.63) is 28.8 Å². The van der Waals surface area contributed by atoms with E-state index < -0.39 is 16.1 Å². The summed E-state index contributed by atoms with van der Waals surface area (Å²) in [5.74, 6) is -0.318. The number of urea groups is 1. The molecule has 3 amide bonds. The first-order chi connectivity index (χ1) is 11.3. The first-order valence-electron chi connectivity index (χ1n) is 7.17. The minimum absolute atomic E-state index is 0.0632. The van der Waals surface area contributed by atoms with Gasteiger partial charge in [-0.3, -0.25) is 4.79 Å². The van der Waals surface area contributed by atoms with Gasteiger partial charge in [-0.1, -0.05) is 17.7 Å². The summed E-state index contributed by atoms with van der Waals surface area (Å²) in [5.41, 5.74) is 0.461. The average molecular weight is 378 g/mol. The van der Waals surface area contributed by atoms with Gasteiger partial charge in [-0.25, -0.2) is 17.9 Å². The third-order valence-corrected chi connectivity index (χ3v) is 4.54. The molecule has 10 heteroatoms. The Morgan fingerprint density at radius 2 is 1.88 bits per heavy atom. The van der Waals surface area contributed by atoms with Crippen LogP contribution in [0.5, 0.6) is 0 Å². The van der Waals surface area contributed by atoms with Crippen LogP contribution in [0.2, 0.25) is 5.02 Å². The van der Waals surface area contributed by atoms with Crippen LogP contribution < -0.4 is 15.4 Å². The molecule has 0 saturated heterocycles. The van der Waals surface area contributed by atoms with Gasteiger partial charge in [0.15, 0.2) is 0 Å². The molecule has 0 aliphatic rings. The van der Waals surface area contributed by atoms with Crippen LogP contribution in [0, 0.1) is 6.92 Å². The van der Waals surface area contributed by atoms with Gasteiger partial charge >= 0.3 is 6.03 Å². The van der Waals surface area contributed by atoms with E-state index in [1.807, 2.05) is 4.72 Å². The van der Waals surface area contributed by atoms with E-state index in [2.05, 4.69) is 10.6 Å². The number of nitrogens with one attached hydrogen (secondary N) is 3. The van der Waals surface area contributed by atoms with Gasteiger partial charge < -0.3 is 15.4 Å². The topological polar surface area (TPSA) is 114 Å². The maximum Gasteiger partial charge on any atom is 0.328 e. The van der Waals surface area contributed by atoms with Crippen LogP contribution in [0.25, 0.3) is 0 Å². The maximum absolute atomic E-state index is 12.2. The highest BCUT2D eigenvalue weighted by Gasteiger charge is 2.20. The Labute approximate surface area is 146 Å². The van der Waals surface area contributed by atoms with Crippen LogP contribution in [0.4, 0.5) is 4.79 Å². The minimum atomic E-state index is -4.03. The van der Waals surface area contributed by atoms with Crippen LogP contribution in [0.15, 0.2) is 23.1 Å². The van der Waals surface area contributed by atoms with E-state index in [0.29, 0.717) is 12.2 Å². The second kappa shape index (κ2) is 9.45. The van der Waals surface area contributed by atoms with E-state index in [0.717, 1.165) is 0 Å². The zero-order chi connectivity index (χ0) is 18.2. The zero-order valence-corrected chi connectivity index (χ0v) is 15.0. The van der Waals surface area contributed by atoms with Gasteiger partial charge in [0, 0.05) is 24.7 Å². The summed E-state index contributed by atoms with van der Waals surface area (Å²) in [6.45, 7) is 3.93. The lowest BCUT2D eigenvalue weighted by Gasteiger charge is -2.11. The maximum atomic E-state index is 12.2. The van der Waals surface area contributed by atoms with E-state index >= 15 is 0 Å². The standard InChI is InChI=1S/C14H20ClN3O5S/c1-3-23-9-13(19)16-6-7-17-14(20)18-24(21,22)12-8-11(15)5-4-10(12)2/h4-5,8H,3,6-7,9H2,1-2H3,(H,16,19)(H2,17,18,20). The lowest BCUT2D eigenvalue weighted by atomic mass is 10.2. The molecule has 0 aliphatic carbocycles. The van der Waals surface area contributed by atoms with E-state index in [9.17, 15) is 18.0 Å². The zero-order valence-electron chi connectivity index (χ0n) is 13.4. The lowest BCUT2D eigenvalue weighted by molar-refractivity contribution is -0.125. The molecule has 3 N–H and O–H groups in total. The Kier molecular flexibility index (Phi) is 7.96. The molecule has 24 heavy (non-hydrogen) atoms. The normalized spacial score (nSPS) is 11.0. The molecule has 0 radical (unpaired) electrons. The Balaban J connectivity index is 2.47. The number of amides is 3. The Bertz CT molecular complexity index is 694. The molecule has 0 fully saturated rings. The van der Waals surface area contributed by atoms with Gasteiger partial charge in [0.05, 0.1) is 4.90 Å². The van der Waals surface area contributed by atoms with Crippen molar-refractivity contribution in [2.24, 2.45) is 0 Å². The summed E-state index contributed by atoms with van der Waals surface area (Å²) in [6.07, 6.45) is 0. The van der Waals surface area contributed by atoms with Gasteiger partial charge in [-0.15, -0.1) is 0 Å². The van der Waals surface area contributed by atoms with Crippen LogP contribution in [-0.2, 0) is 19.6 Å². The minimum Gasteiger partial charge on any atom is -0.372 e. The number of ether oxygens (including phenoxy) is 1. The molecule has 0 heterocycles. The number of halogens is 1. The van der Waals surface area contributed by atoms with E-state index in [-0.39, 0.29) is 35.5 Å². The molecule has 1 rings (SSSR count). The van der Waals surface area contributed by atoms with Crippen molar-refractivity contribution in [3.63, 3.8) is 0 Å². The molecule has 0 atom stereocenters. The molecule has 0 unspecified atom stereocenters. The highest BCUT2D eigenvalue weighted by Crippen LogP contribution is 2.19. The summed E-state index contributed by atoms with van der Waals surface area (Å²) in [4.78, 5) is 22.9. The van der Waals surface area contributed by atoms with Gasteiger partial charge in [0.25, 0.3) is 10.0 Å². The summed E-state index contributed by atoms with van der Waals surface area (Å²) < 4.78 is 31.1. The number of sulfonamides is 1. The van der Waals surface area contributed by atoms with Crippen molar-refractivity contribution in [1.29, 1.82) is 0 Å². The highest BCUT2D eigenvalue weighted by molar-refractivity contribution is 7.90. The number of aryl methyl sites for hydroxylation is 1. The number of benzene rings is 1. The monoisotopic (exact) mass is 377 g/mol. The Morgan fingerprint density at radius 1 is 1.21 bits per heavy atom. The van der Waals surface area contributed by atoms with Gasteiger partial charge in [0.1, 0.15) is 6.61 Å². The number of hydrogen-bond donors (Lipinski definition) is 3. The molecular formula is C14H20ClN3O5S. The summed E-state index contributed by atoms with van der Waals surface area (Å²) in [6, 6.07) is 3.47. The predicted molar refractivity (Wildman–Crippen MR) is 89.4 cm³/mol. The van der Waals surface area contributed by atoms with E-state index in [1.165, 1.54) is 6.07 Å². The van der Waals surface area contributed by atoms with Crippen molar-refractivity contribution in [1.82, 2.24) is 15.4 Å². The fourth-order valence-corrected chi connectivity index (χ4v) is 3.14. The lowest BCUT2D eigenvalue weighted by Crippen LogP contribution is -2.43. The molecule has 0 bridgehead atoms. The fourth-order valence-electron chi connectivity index (χ4n) is 1.70. The molecule has 0 spiro atoms. The first-order valence-corrected chi connectivity index (χ1v) is 9.03. The second-order valence-corrected chi connectivity index (χ2v) is 6.85. The van der Waals surface area contributed by atoms with Crippen molar-refractivity contribution in [2.75, 3.05) is 26.3 Å². The molecule has 1 aromatic rings. The van der Waals surface area contributed by atoms with Gasteiger partial charge in [-0.05, 0) is 31.5 Å². The Hall–Kier alpha value is -1.84. The molecule has 0 saturated carbocycles. The Morgan fingerprint density at radius 3 is 2.54 bits per heavy atom. The number of rotatable bonds is 8. The van der Waals surface area contributed by atoms with Crippen LogP contribution >= 0.6 is 11.6 Å². The second-order valence-electron chi connectivity index (χ2n) is 4.76. The quantitative estimate of drug-likeness (QED) is 0.579. The number of carbonyl (C=O) groups is 2. The fraction of sp³-hybridized carbons (Fsp3) is 0.429. The summed E-state index contributed by atoms with van der Waals surface area (Å²) >= 11 is 5.78.